The van der Waals surface area contributed by atoms with E-state index in [0.29, 0.717) is 13.2 Å². The van der Waals surface area contributed by atoms with Crippen LogP contribution in [0.25, 0.3) is 0 Å². The fraction of sp³-hybridized carbons (Fsp3) is 0.462. The molecule has 0 aliphatic heterocycles. The summed E-state index contributed by atoms with van der Waals surface area (Å²) in [7, 11) is 1.53. The SMILES string of the molecule is COCCN(C(=O)c1cccc(NN)c1[N+](=O)[O-])C(C)C. The standard InChI is InChI=1S/C13H20N4O4/c1-9(2)16(7-8-21-3)13(18)10-5-4-6-11(15-14)12(10)17(19)20/h4-6,9,15H,7-8,14H2,1-3H3. The van der Waals surface area contributed by atoms with Crippen molar-refractivity contribution in [3.63, 3.8) is 0 Å². The van der Waals surface area contributed by atoms with Crippen molar-refractivity contribution in [2.75, 3.05) is 25.7 Å². The maximum Gasteiger partial charge on any atom is 0.306 e. The summed E-state index contributed by atoms with van der Waals surface area (Å²) >= 11 is 0. The third-order valence-electron chi connectivity index (χ3n) is 3.03. The number of nitrogen functional groups attached to an aromatic ring is 1. The molecular weight excluding hydrogens is 276 g/mol. The number of amides is 1. The van der Waals surface area contributed by atoms with Crippen molar-refractivity contribution < 1.29 is 14.5 Å². The number of carbonyl (C=O) groups is 1. The van der Waals surface area contributed by atoms with E-state index in [1.54, 1.807) is 6.07 Å². The first-order valence-electron chi connectivity index (χ1n) is 6.48. The van der Waals surface area contributed by atoms with Crippen molar-refractivity contribution in [1.82, 2.24) is 4.90 Å². The first kappa shape index (κ1) is 16.9. The quantitative estimate of drug-likeness (QED) is 0.446. The van der Waals surface area contributed by atoms with Gasteiger partial charge in [0.15, 0.2) is 0 Å². The number of rotatable bonds is 7. The number of para-hydroxylation sites is 1. The number of nitrogens with zero attached hydrogens (tertiary/aromatic N) is 2. The van der Waals surface area contributed by atoms with Gasteiger partial charge < -0.3 is 15.1 Å². The van der Waals surface area contributed by atoms with Crippen LogP contribution in [0.2, 0.25) is 0 Å². The smallest absolute Gasteiger partial charge is 0.306 e. The average Bonchev–Trinajstić information content (AvgIpc) is 2.45. The second kappa shape index (κ2) is 7.55. The third-order valence-corrected chi connectivity index (χ3v) is 3.03. The number of nitrogens with two attached hydrogens (primary N) is 1. The molecule has 1 amide bonds. The Kier molecular flexibility index (Phi) is 6.07. The monoisotopic (exact) mass is 296 g/mol. The fourth-order valence-corrected chi connectivity index (χ4v) is 1.97. The lowest BCUT2D eigenvalue weighted by Crippen LogP contribution is -2.39. The second-order valence-corrected chi connectivity index (χ2v) is 4.69. The van der Waals surface area contributed by atoms with Gasteiger partial charge in [0.2, 0.25) is 0 Å². The van der Waals surface area contributed by atoms with E-state index in [1.807, 2.05) is 13.8 Å². The predicted molar refractivity (Wildman–Crippen MR) is 79.0 cm³/mol. The molecule has 21 heavy (non-hydrogen) atoms. The van der Waals surface area contributed by atoms with Gasteiger partial charge in [0.1, 0.15) is 11.3 Å². The highest BCUT2D eigenvalue weighted by atomic mass is 16.6. The van der Waals surface area contributed by atoms with Crippen molar-refractivity contribution in [2.45, 2.75) is 19.9 Å². The van der Waals surface area contributed by atoms with Gasteiger partial charge in [-0.05, 0) is 26.0 Å². The maximum absolute atomic E-state index is 12.6. The summed E-state index contributed by atoms with van der Waals surface area (Å²) in [5.41, 5.74) is 2.02. The van der Waals surface area contributed by atoms with Gasteiger partial charge in [-0.3, -0.25) is 20.8 Å². The van der Waals surface area contributed by atoms with Crippen LogP contribution in [0.4, 0.5) is 11.4 Å². The molecule has 1 rings (SSSR count). The molecule has 0 aliphatic rings. The lowest BCUT2D eigenvalue weighted by Gasteiger charge is -2.26. The Balaban J connectivity index is 3.24. The van der Waals surface area contributed by atoms with E-state index in [4.69, 9.17) is 10.6 Å². The van der Waals surface area contributed by atoms with E-state index >= 15 is 0 Å². The van der Waals surface area contributed by atoms with Gasteiger partial charge in [-0.15, -0.1) is 0 Å². The van der Waals surface area contributed by atoms with E-state index < -0.39 is 10.8 Å². The second-order valence-electron chi connectivity index (χ2n) is 4.69. The fourth-order valence-electron chi connectivity index (χ4n) is 1.97. The summed E-state index contributed by atoms with van der Waals surface area (Å²) in [6, 6.07) is 4.30. The molecule has 0 atom stereocenters. The van der Waals surface area contributed by atoms with Crippen molar-refractivity contribution >= 4 is 17.3 Å². The zero-order valence-corrected chi connectivity index (χ0v) is 12.3. The summed E-state index contributed by atoms with van der Waals surface area (Å²) in [6.07, 6.45) is 0. The highest BCUT2D eigenvalue weighted by molar-refractivity contribution is 6.00. The zero-order chi connectivity index (χ0) is 16.0. The van der Waals surface area contributed by atoms with Gasteiger partial charge >= 0.3 is 5.69 Å². The number of hydrogen-bond donors (Lipinski definition) is 2. The number of carbonyl (C=O) groups excluding carboxylic acids is 1. The molecule has 0 fully saturated rings. The lowest BCUT2D eigenvalue weighted by atomic mass is 10.1. The van der Waals surface area contributed by atoms with E-state index in [1.165, 1.54) is 24.1 Å². The zero-order valence-electron chi connectivity index (χ0n) is 12.3. The van der Waals surface area contributed by atoms with Crippen molar-refractivity contribution in [3.05, 3.63) is 33.9 Å². The summed E-state index contributed by atoms with van der Waals surface area (Å²) < 4.78 is 4.97. The summed E-state index contributed by atoms with van der Waals surface area (Å²) in [5.74, 6) is 4.85. The van der Waals surface area contributed by atoms with Crippen LogP contribution < -0.4 is 11.3 Å². The van der Waals surface area contributed by atoms with Crippen LogP contribution in [0.1, 0.15) is 24.2 Å². The highest BCUT2D eigenvalue weighted by Crippen LogP contribution is 2.29. The number of anilines is 1. The number of nitro benzene ring substituents is 1. The minimum atomic E-state index is -0.614. The molecule has 0 bridgehead atoms. The highest BCUT2D eigenvalue weighted by Gasteiger charge is 2.28. The van der Waals surface area contributed by atoms with Crippen LogP contribution in [0.3, 0.4) is 0 Å². The Bertz CT molecular complexity index is 519. The van der Waals surface area contributed by atoms with Gasteiger partial charge in [0.25, 0.3) is 5.91 Å². The van der Waals surface area contributed by atoms with Gasteiger partial charge in [0, 0.05) is 19.7 Å². The molecule has 3 N–H and O–H groups in total. The first-order chi connectivity index (χ1) is 9.93. The molecular formula is C13H20N4O4. The van der Waals surface area contributed by atoms with E-state index in [2.05, 4.69) is 5.43 Å². The van der Waals surface area contributed by atoms with Crippen LogP contribution in [-0.2, 0) is 4.74 Å². The normalized spacial score (nSPS) is 10.5. The van der Waals surface area contributed by atoms with E-state index in [9.17, 15) is 14.9 Å². The molecule has 116 valence electrons. The molecule has 1 aromatic carbocycles. The van der Waals surface area contributed by atoms with Gasteiger partial charge in [-0.25, -0.2) is 0 Å². The van der Waals surface area contributed by atoms with Crippen molar-refractivity contribution in [3.8, 4) is 0 Å². The molecule has 0 radical (unpaired) electrons. The minimum Gasteiger partial charge on any atom is -0.383 e. The van der Waals surface area contributed by atoms with Crippen LogP contribution in [0.5, 0.6) is 0 Å². The predicted octanol–water partition coefficient (Wildman–Crippen LogP) is 1.38. The third kappa shape index (κ3) is 3.89. The molecule has 8 heteroatoms. The van der Waals surface area contributed by atoms with Crippen LogP contribution in [-0.4, -0.2) is 42.0 Å². The van der Waals surface area contributed by atoms with Gasteiger partial charge in [-0.2, -0.15) is 0 Å². The van der Waals surface area contributed by atoms with Crippen LogP contribution in [0, 0.1) is 10.1 Å². The van der Waals surface area contributed by atoms with Crippen molar-refractivity contribution in [1.29, 1.82) is 0 Å². The molecule has 0 heterocycles. The molecule has 0 aromatic heterocycles. The number of nitrogens with one attached hydrogen (secondary N) is 1. The Morgan fingerprint density at radius 1 is 1.52 bits per heavy atom. The molecule has 8 nitrogen and oxygen atoms in total. The first-order valence-corrected chi connectivity index (χ1v) is 6.48. The number of benzene rings is 1. The Hall–Kier alpha value is -2.19. The summed E-state index contributed by atoms with van der Waals surface area (Å²) in [5, 5.41) is 11.2. The summed E-state index contributed by atoms with van der Waals surface area (Å²) in [4.78, 5) is 24.7. The maximum atomic E-state index is 12.6. The number of hydrazine groups is 1. The molecule has 1 aromatic rings. The minimum absolute atomic E-state index is 0.000234. The molecule has 0 aliphatic carbocycles. The lowest BCUT2D eigenvalue weighted by molar-refractivity contribution is -0.384. The average molecular weight is 296 g/mol. The Labute approximate surface area is 123 Å². The molecule has 0 saturated heterocycles. The topological polar surface area (TPSA) is 111 Å². The molecule has 0 saturated carbocycles. The number of hydrogen-bond acceptors (Lipinski definition) is 6. The van der Waals surface area contributed by atoms with Crippen molar-refractivity contribution in [2.24, 2.45) is 5.84 Å². The van der Waals surface area contributed by atoms with E-state index in [0.717, 1.165) is 0 Å². The van der Waals surface area contributed by atoms with Crippen LogP contribution in [0.15, 0.2) is 18.2 Å². The Morgan fingerprint density at radius 3 is 2.67 bits per heavy atom. The largest absolute Gasteiger partial charge is 0.383 e. The summed E-state index contributed by atoms with van der Waals surface area (Å²) in [6.45, 7) is 4.38. The van der Waals surface area contributed by atoms with Gasteiger partial charge in [-0.1, -0.05) is 6.07 Å². The number of nitro groups is 1. The molecule has 0 spiro atoms. The number of methoxy groups -OCH3 is 1. The molecule has 0 unspecified atom stereocenters. The Morgan fingerprint density at radius 2 is 2.19 bits per heavy atom. The number of ether oxygens (including phenoxy) is 1. The van der Waals surface area contributed by atoms with E-state index in [-0.39, 0.29) is 23.0 Å². The van der Waals surface area contributed by atoms with Crippen LogP contribution >= 0.6 is 0 Å². The van der Waals surface area contributed by atoms with Gasteiger partial charge in [0.05, 0.1) is 11.5 Å².